The zero-order valence-electron chi connectivity index (χ0n) is 19.3. The van der Waals surface area contributed by atoms with Gasteiger partial charge in [-0.25, -0.2) is 8.42 Å². The Kier molecular flexibility index (Phi) is 10.3. The minimum atomic E-state index is -3.56. The summed E-state index contributed by atoms with van der Waals surface area (Å²) in [4.78, 5) is 28.0. The predicted octanol–water partition coefficient (Wildman–Crippen LogP) is 3.09. The summed E-state index contributed by atoms with van der Waals surface area (Å²) in [7, 11) is -2.22. The SMILES string of the molecule is CCCCNC(=O)C(Cc1ccccc1)N(Cc1ccc(Cl)cc1)C(=O)CN(C)S(C)(=O)=O. The maximum atomic E-state index is 13.4. The maximum Gasteiger partial charge on any atom is 0.243 e. The van der Waals surface area contributed by atoms with Crippen LogP contribution in [-0.4, -0.2) is 61.9 Å². The highest BCUT2D eigenvalue weighted by Crippen LogP contribution is 2.17. The number of nitrogens with one attached hydrogen (secondary N) is 1. The number of hydrogen-bond acceptors (Lipinski definition) is 4. The Morgan fingerprint density at radius 3 is 2.24 bits per heavy atom. The van der Waals surface area contributed by atoms with Gasteiger partial charge in [0.1, 0.15) is 6.04 Å². The zero-order valence-corrected chi connectivity index (χ0v) is 20.9. The molecule has 0 radical (unpaired) electrons. The third-order valence-electron chi connectivity index (χ3n) is 5.29. The van der Waals surface area contributed by atoms with Gasteiger partial charge in [-0.05, 0) is 29.7 Å². The highest BCUT2D eigenvalue weighted by molar-refractivity contribution is 7.88. The Labute approximate surface area is 201 Å². The summed E-state index contributed by atoms with van der Waals surface area (Å²) in [5.74, 6) is -0.721. The topological polar surface area (TPSA) is 86.8 Å². The number of nitrogens with zero attached hydrogens (tertiary/aromatic N) is 2. The lowest BCUT2D eigenvalue weighted by molar-refractivity contribution is -0.141. The molecule has 2 aromatic rings. The molecule has 33 heavy (non-hydrogen) atoms. The summed E-state index contributed by atoms with van der Waals surface area (Å²) in [6.45, 7) is 2.32. The van der Waals surface area contributed by atoms with Crippen LogP contribution in [0.5, 0.6) is 0 Å². The summed E-state index contributed by atoms with van der Waals surface area (Å²) in [6.07, 6.45) is 3.10. The van der Waals surface area contributed by atoms with E-state index in [1.54, 1.807) is 24.3 Å². The Morgan fingerprint density at radius 2 is 1.67 bits per heavy atom. The molecule has 0 fully saturated rings. The van der Waals surface area contributed by atoms with Crippen LogP contribution in [0.3, 0.4) is 0 Å². The Bertz CT molecular complexity index is 1010. The molecule has 1 unspecified atom stereocenters. The van der Waals surface area contributed by atoms with Crippen molar-refractivity contribution in [2.75, 3.05) is 26.4 Å². The summed E-state index contributed by atoms with van der Waals surface area (Å²) in [5.41, 5.74) is 1.69. The van der Waals surface area contributed by atoms with Crippen molar-refractivity contribution in [3.63, 3.8) is 0 Å². The Morgan fingerprint density at radius 1 is 1.03 bits per heavy atom. The fourth-order valence-electron chi connectivity index (χ4n) is 3.25. The van der Waals surface area contributed by atoms with E-state index in [0.717, 1.165) is 34.5 Å². The molecule has 0 spiro atoms. The molecular formula is C24H32ClN3O4S. The number of halogens is 1. The van der Waals surface area contributed by atoms with Crippen molar-refractivity contribution in [3.8, 4) is 0 Å². The second-order valence-corrected chi connectivity index (χ2v) is 10.5. The van der Waals surface area contributed by atoms with Crippen molar-refractivity contribution in [2.45, 2.75) is 38.8 Å². The van der Waals surface area contributed by atoms with E-state index >= 15 is 0 Å². The number of carbonyl (C=O) groups is 2. The summed E-state index contributed by atoms with van der Waals surface area (Å²) in [5, 5.41) is 3.49. The summed E-state index contributed by atoms with van der Waals surface area (Å²) >= 11 is 6.00. The molecule has 2 aromatic carbocycles. The van der Waals surface area contributed by atoms with E-state index in [-0.39, 0.29) is 19.0 Å². The van der Waals surface area contributed by atoms with Gasteiger partial charge in [0.05, 0.1) is 12.8 Å². The molecule has 0 saturated heterocycles. The molecule has 0 aliphatic carbocycles. The van der Waals surface area contributed by atoms with Crippen LogP contribution in [0.1, 0.15) is 30.9 Å². The van der Waals surface area contributed by atoms with Crippen LogP contribution < -0.4 is 5.32 Å². The van der Waals surface area contributed by atoms with E-state index in [1.807, 2.05) is 37.3 Å². The van der Waals surface area contributed by atoms with Crippen LogP contribution in [0.15, 0.2) is 54.6 Å². The Hall–Kier alpha value is -2.42. The highest BCUT2D eigenvalue weighted by Gasteiger charge is 2.31. The van der Waals surface area contributed by atoms with Crippen LogP contribution in [-0.2, 0) is 32.6 Å². The van der Waals surface area contributed by atoms with Gasteiger partial charge < -0.3 is 10.2 Å². The lowest BCUT2D eigenvalue weighted by Gasteiger charge is -2.32. The van der Waals surface area contributed by atoms with Gasteiger partial charge in [-0.15, -0.1) is 0 Å². The number of hydrogen-bond donors (Lipinski definition) is 1. The van der Waals surface area contributed by atoms with Crippen molar-refractivity contribution in [1.82, 2.24) is 14.5 Å². The molecule has 1 atom stereocenters. The van der Waals surface area contributed by atoms with E-state index in [9.17, 15) is 18.0 Å². The average molecular weight is 494 g/mol. The fraction of sp³-hybridized carbons (Fsp3) is 0.417. The molecule has 2 rings (SSSR count). The number of amides is 2. The fourth-order valence-corrected chi connectivity index (χ4v) is 3.72. The largest absolute Gasteiger partial charge is 0.354 e. The van der Waals surface area contributed by atoms with Gasteiger partial charge in [-0.2, -0.15) is 4.31 Å². The van der Waals surface area contributed by atoms with Gasteiger partial charge in [0, 0.05) is 31.6 Å². The molecule has 180 valence electrons. The van der Waals surface area contributed by atoms with Gasteiger partial charge >= 0.3 is 0 Å². The van der Waals surface area contributed by atoms with Gasteiger partial charge in [-0.3, -0.25) is 9.59 Å². The van der Waals surface area contributed by atoms with Crippen molar-refractivity contribution >= 4 is 33.4 Å². The van der Waals surface area contributed by atoms with Crippen LogP contribution >= 0.6 is 11.6 Å². The van der Waals surface area contributed by atoms with Gasteiger partial charge in [0.2, 0.25) is 21.8 Å². The van der Waals surface area contributed by atoms with E-state index < -0.39 is 22.0 Å². The minimum Gasteiger partial charge on any atom is -0.354 e. The lowest BCUT2D eigenvalue weighted by atomic mass is 10.0. The van der Waals surface area contributed by atoms with E-state index in [2.05, 4.69) is 5.32 Å². The van der Waals surface area contributed by atoms with E-state index in [4.69, 9.17) is 11.6 Å². The number of sulfonamides is 1. The number of carbonyl (C=O) groups excluding carboxylic acids is 2. The number of rotatable bonds is 12. The van der Waals surface area contributed by atoms with Crippen molar-refractivity contribution < 1.29 is 18.0 Å². The monoisotopic (exact) mass is 493 g/mol. The second kappa shape index (κ2) is 12.7. The van der Waals surface area contributed by atoms with E-state index in [1.165, 1.54) is 11.9 Å². The quantitative estimate of drug-likeness (QED) is 0.460. The predicted molar refractivity (Wildman–Crippen MR) is 131 cm³/mol. The summed E-state index contributed by atoms with van der Waals surface area (Å²) < 4.78 is 24.8. The number of likely N-dealkylation sites (N-methyl/N-ethyl adjacent to an activating group) is 1. The molecule has 9 heteroatoms. The molecule has 0 aliphatic heterocycles. The van der Waals surface area contributed by atoms with Crippen molar-refractivity contribution in [1.29, 1.82) is 0 Å². The first-order valence-electron chi connectivity index (χ1n) is 10.9. The number of unbranched alkanes of at least 4 members (excludes halogenated alkanes) is 1. The summed E-state index contributed by atoms with van der Waals surface area (Å²) in [6, 6.07) is 15.7. The molecule has 0 saturated carbocycles. The van der Waals surface area contributed by atoms with Crippen LogP contribution in [0.2, 0.25) is 5.02 Å². The highest BCUT2D eigenvalue weighted by atomic mass is 35.5. The van der Waals surface area contributed by atoms with Crippen molar-refractivity contribution in [2.24, 2.45) is 0 Å². The molecule has 0 bridgehead atoms. The molecule has 2 amide bonds. The van der Waals surface area contributed by atoms with Gasteiger partial charge in [-0.1, -0.05) is 67.4 Å². The standard InChI is InChI=1S/C24H32ClN3O4S/c1-4-5-15-26-24(30)22(16-19-9-7-6-8-10-19)28(17-20-11-13-21(25)14-12-20)23(29)18-27(2)33(3,31)32/h6-14,22H,4-5,15-18H2,1-3H3,(H,26,30). The normalized spacial score (nSPS) is 12.4. The first-order valence-corrected chi connectivity index (χ1v) is 13.1. The minimum absolute atomic E-state index is 0.145. The van der Waals surface area contributed by atoms with Crippen LogP contribution in [0.25, 0.3) is 0 Å². The van der Waals surface area contributed by atoms with Gasteiger partial charge in [0.25, 0.3) is 0 Å². The first-order chi connectivity index (χ1) is 15.6. The molecule has 0 aromatic heterocycles. The molecular weight excluding hydrogens is 462 g/mol. The Balaban J connectivity index is 2.40. The van der Waals surface area contributed by atoms with E-state index in [0.29, 0.717) is 18.0 Å². The lowest BCUT2D eigenvalue weighted by Crippen LogP contribution is -2.53. The smallest absolute Gasteiger partial charge is 0.243 e. The van der Waals surface area contributed by atoms with Crippen LogP contribution in [0.4, 0.5) is 0 Å². The molecule has 7 nitrogen and oxygen atoms in total. The van der Waals surface area contributed by atoms with Crippen LogP contribution in [0, 0.1) is 0 Å². The molecule has 0 aliphatic rings. The number of benzene rings is 2. The second-order valence-electron chi connectivity index (χ2n) is 8.02. The maximum absolute atomic E-state index is 13.4. The average Bonchev–Trinajstić information content (AvgIpc) is 2.77. The van der Waals surface area contributed by atoms with Crippen molar-refractivity contribution in [3.05, 3.63) is 70.7 Å². The molecule has 0 heterocycles. The third-order valence-corrected chi connectivity index (χ3v) is 6.80. The zero-order chi connectivity index (χ0) is 24.4. The third kappa shape index (κ3) is 8.79. The first kappa shape index (κ1) is 26.8. The molecule has 1 N–H and O–H groups in total. The van der Waals surface area contributed by atoms with Gasteiger partial charge in [0.15, 0.2) is 0 Å².